The van der Waals surface area contributed by atoms with E-state index in [0.29, 0.717) is 12.5 Å². The Kier molecular flexibility index (Phi) is 4.25. The predicted octanol–water partition coefficient (Wildman–Crippen LogP) is 1.29. The van der Waals surface area contributed by atoms with E-state index in [4.69, 9.17) is 10.2 Å². The molecule has 0 aromatic carbocycles. The molecule has 5 nitrogen and oxygen atoms in total. The van der Waals surface area contributed by atoms with Gasteiger partial charge in [-0.05, 0) is 38.1 Å². The van der Waals surface area contributed by atoms with E-state index in [9.17, 15) is 0 Å². The molecule has 1 unspecified atom stereocenters. The van der Waals surface area contributed by atoms with Gasteiger partial charge in [-0.3, -0.25) is 9.89 Å². The number of likely N-dealkylation sites (tertiary alicyclic amines) is 1. The second-order valence-corrected chi connectivity index (χ2v) is 4.87. The monoisotopic (exact) mass is 250 g/mol. The van der Waals surface area contributed by atoms with Crippen LogP contribution in [0.15, 0.2) is 27.8 Å². The molecule has 1 atom stereocenters. The summed E-state index contributed by atoms with van der Waals surface area (Å²) in [6.45, 7) is 2.88. The number of hydrogen-bond acceptors (Lipinski definition) is 3. The summed E-state index contributed by atoms with van der Waals surface area (Å²) in [5.41, 5.74) is 5.84. The Morgan fingerprint density at radius 3 is 2.78 bits per heavy atom. The molecule has 100 valence electrons. The van der Waals surface area contributed by atoms with Crippen LogP contribution in [0, 0.1) is 0 Å². The Hall–Kier alpha value is -1.49. The summed E-state index contributed by atoms with van der Waals surface area (Å²) in [4.78, 5) is 8.69. The van der Waals surface area contributed by atoms with Crippen molar-refractivity contribution in [2.45, 2.75) is 18.9 Å². The number of furan rings is 1. The average Bonchev–Trinajstić information content (AvgIpc) is 3.01. The fourth-order valence-electron chi connectivity index (χ4n) is 2.24. The molecule has 1 saturated heterocycles. The zero-order valence-electron chi connectivity index (χ0n) is 11.2. The molecule has 2 N–H and O–H groups in total. The van der Waals surface area contributed by atoms with Crippen molar-refractivity contribution in [2.75, 3.05) is 33.7 Å². The maximum absolute atomic E-state index is 5.84. The number of hydrogen-bond donors (Lipinski definition) is 1. The Labute approximate surface area is 108 Å². The van der Waals surface area contributed by atoms with Crippen molar-refractivity contribution in [3.8, 4) is 0 Å². The lowest BCUT2D eigenvalue weighted by atomic mass is 10.2. The number of rotatable bonds is 4. The maximum atomic E-state index is 5.84. The summed E-state index contributed by atoms with van der Waals surface area (Å²) >= 11 is 0. The van der Waals surface area contributed by atoms with E-state index in [1.807, 2.05) is 31.1 Å². The van der Waals surface area contributed by atoms with Gasteiger partial charge in [0, 0.05) is 14.1 Å². The molecule has 1 aliphatic rings. The Balaban J connectivity index is 2.08. The first-order valence-corrected chi connectivity index (χ1v) is 6.43. The molecule has 1 aromatic rings. The van der Waals surface area contributed by atoms with Crippen molar-refractivity contribution in [3.63, 3.8) is 0 Å². The Morgan fingerprint density at radius 1 is 1.50 bits per heavy atom. The van der Waals surface area contributed by atoms with Crippen molar-refractivity contribution in [2.24, 2.45) is 10.7 Å². The molecule has 18 heavy (non-hydrogen) atoms. The van der Waals surface area contributed by atoms with Gasteiger partial charge in [-0.15, -0.1) is 0 Å². The van der Waals surface area contributed by atoms with Gasteiger partial charge in [-0.2, -0.15) is 0 Å². The van der Waals surface area contributed by atoms with E-state index in [1.54, 1.807) is 6.26 Å². The van der Waals surface area contributed by atoms with Crippen LogP contribution >= 0.6 is 0 Å². The SMILES string of the molecule is CN(C)C(N)=NCC(c1ccco1)N1CCCC1. The minimum Gasteiger partial charge on any atom is -0.468 e. The lowest BCUT2D eigenvalue weighted by molar-refractivity contribution is 0.221. The second-order valence-electron chi connectivity index (χ2n) is 4.87. The molecule has 0 saturated carbocycles. The van der Waals surface area contributed by atoms with E-state index in [2.05, 4.69) is 9.89 Å². The molecule has 0 aliphatic carbocycles. The molecule has 0 spiro atoms. The topological polar surface area (TPSA) is 58.0 Å². The van der Waals surface area contributed by atoms with E-state index in [0.717, 1.165) is 18.8 Å². The normalized spacial score (nSPS) is 19.1. The first-order chi connectivity index (χ1) is 8.68. The van der Waals surface area contributed by atoms with Gasteiger partial charge in [0.2, 0.25) is 0 Å². The molecule has 5 heteroatoms. The predicted molar refractivity (Wildman–Crippen MR) is 72.4 cm³/mol. The van der Waals surface area contributed by atoms with Gasteiger partial charge >= 0.3 is 0 Å². The van der Waals surface area contributed by atoms with E-state index >= 15 is 0 Å². The number of nitrogens with two attached hydrogens (primary N) is 1. The van der Waals surface area contributed by atoms with Crippen LogP contribution in [0.2, 0.25) is 0 Å². The summed E-state index contributed by atoms with van der Waals surface area (Å²) in [5, 5.41) is 0. The highest BCUT2D eigenvalue weighted by atomic mass is 16.3. The maximum Gasteiger partial charge on any atom is 0.190 e. The molecule has 1 fully saturated rings. The summed E-state index contributed by atoms with van der Waals surface area (Å²) in [6, 6.07) is 4.16. The third-order valence-electron chi connectivity index (χ3n) is 3.34. The minimum absolute atomic E-state index is 0.209. The fraction of sp³-hybridized carbons (Fsp3) is 0.615. The van der Waals surface area contributed by atoms with Crippen LogP contribution in [0.4, 0.5) is 0 Å². The van der Waals surface area contributed by atoms with Crippen molar-refractivity contribution >= 4 is 5.96 Å². The molecule has 2 rings (SSSR count). The van der Waals surface area contributed by atoms with E-state index in [1.165, 1.54) is 12.8 Å². The molecule has 1 aromatic heterocycles. The van der Waals surface area contributed by atoms with Crippen LogP contribution in [0.25, 0.3) is 0 Å². The molecule has 0 bridgehead atoms. The quantitative estimate of drug-likeness (QED) is 0.646. The van der Waals surface area contributed by atoms with Gasteiger partial charge in [0.25, 0.3) is 0 Å². The lowest BCUT2D eigenvalue weighted by Gasteiger charge is -2.24. The highest BCUT2D eigenvalue weighted by Gasteiger charge is 2.25. The first-order valence-electron chi connectivity index (χ1n) is 6.43. The summed E-state index contributed by atoms with van der Waals surface area (Å²) in [6.07, 6.45) is 4.23. The zero-order chi connectivity index (χ0) is 13.0. The van der Waals surface area contributed by atoms with Crippen LogP contribution < -0.4 is 5.73 Å². The minimum atomic E-state index is 0.209. The third-order valence-corrected chi connectivity index (χ3v) is 3.34. The second kappa shape index (κ2) is 5.91. The number of aliphatic imine (C=N–C) groups is 1. The van der Waals surface area contributed by atoms with E-state index < -0.39 is 0 Å². The summed E-state index contributed by atoms with van der Waals surface area (Å²) < 4.78 is 5.54. The summed E-state index contributed by atoms with van der Waals surface area (Å²) in [7, 11) is 3.80. The van der Waals surface area contributed by atoms with Crippen molar-refractivity contribution in [1.29, 1.82) is 0 Å². The van der Waals surface area contributed by atoms with Gasteiger partial charge in [-0.1, -0.05) is 0 Å². The molecule has 2 heterocycles. The molecular formula is C13H22N4O. The first kappa shape index (κ1) is 13.0. The van der Waals surface area contributed by atoms with Gasteiger partial charge in [0.1, 0.15) is 5.76 Å². The zero-order valence-corrected chi connectivity index (χ0v) is 11.2. The smallest absolute Gasteiger partial charge is 0.190 e. The van der Waals surface area contributed by atoms with Crippen LogP contribution in [-0.2, 0) is 0 Å². The molecule has 1 aliphatic heterocycles. The van der Waals surface area contributed by atoms with Gasteiger partial charge in [0.05, 0.1) is 18.8 Å². The lowest BCUT2D eigenvalue weighted by Crippen LogP contribution is -2.33. The Bertz CT molecular complexity index is 380. The van der Waals surface area contributed by atoms with Crippen molar-refractivity contribution in [3.05, 3.63) is 24.2 Å². The van der Waals surface area contributed by atoms with Crippen LogP contribution in [-0.4, -0.2) is 49.5 Å². The number of nitrogens with zero attached hydrogens (tertiary/aromatic N) is 3. The average molecular weight is 250 g/mol. The van der Waals surface area contributed by atoms with Gasteiger partial charge in [-0.25, -0.2) is 0 Å². The molecule has 0 radical (unpaired) electrons. The molecular weight excluding hydrogens is 228 g/mol. The number of guanidine groups is 1. The highest BCUT2D eigenvalue weighted by molar-refractivity contribution is 5.77. The summed E-state index contributed by atoms with van der Waals surface area (Å²) in [5.74, 6) is 1.54. The van der Waals surface area contributed by atoms with Gasteiger partial charge in [0.15, 0.2) is 5.96 Å². The van der Waals surface area contributed by atoms with Crippen molar-refractivity contribution in [1.82, 2.24) is 9.80 Å². The third kappa shape index (κ3) is 3.04. The van der Waals surface area contributed by atoms with E-state index in [-0.39, 0.29) is 6.04 Å². The Morgan fingerprint density at radius 2 is 2.22 bits per heavy atom. The van der Waals surface area contributed by atoms with Crippen LogP contribution in [0.1, 0.15) is 24.6 Å². The van der Waals surface area contributed by atoms with Crippen LogP contribution in [0.5, 0.6) is 0 Å². The standard InChI is InChI=1S/C13H22N4O/c1-16(2)13(14)15-10-11(12-6-5-9-18-12)17-7-3-4-8-17/h5-6,9,11H,3-4,7-8,10H2,1-2H3,(H2,14,15). The largest absolute Gasteiger partial charge is 0.468 e. The van der Waals surface area contributed by atoms with Crippen molar-refractivity contribution < 1.29 is 4.42 Å². The highest BCUT2D eigenvalue weighted by Crippen LogP contribution is 2.25. The van der Waals surface area contributed by atoms with Gasteiger partial charge < -0.3 is 15.1 Å². The fourth-order valence-corrected chi connectivity index (χ4v) is 2.24. The van der Waals surface area contributed by atoms with Crippen LogP contribution in [0.3, 0.4) is 0 Å². The molecule has 0 amide bonds.